The second-order valence-electron chi connectivity index (χ2n) is 4.02. The summed E-state index contributed by atoms with van der Waals surface area (Å²) >= 11 is 0. The van der Waals surface area contributed by atoms with Gasteiger partial charge in [0.05, 0.1) is 6.07 Å². The van der Waals surface area contributed by atoms with Crippen molar-refractivity contribution in [1.29, 1.82) is 5.26 Å². The van der Waals surface area contributed by atoms with Crippen LogP contribution in [0.25, 0.3) is 0 Å². The van der Waals surface area contributed by atoms with Crippen molar-refractivity contribution in [1.82, 2.24) is 0 Å². The topological polar surface area (TPSA) is 33.0 Å². The van der Waals surface area contributed by atoms with Gasteiger partial charge in [0.2, 0.25) is 0 Å². The summed E-state index contributed by atoms with van der Waals surface area (Å²) in [7, 11) is 0. The molecule has 2 nitrogen and oxygen atoms in total. The van der Waals surface area contributed by atoms with E-state index in [2.05, 4.69) is 6.07 Å². The van der Waals surface area contributed by atoms with Gasteiger partial charge in [0.1, 0.15) is 0 Å². The highest BCUT2D eigenvalue weighted by Gasteiger charge is 2.13. The number of hydrogen-bond donors (Lipinski definition) is 0. The normalized spacial score (nSPS) is 20.9. The summed E-state index contributed by atoms with van der Waals surface area (Å²) in [5.41, 5.74) is 0. The van der Waals surface area contributed by atoms with E-state index in [1.54, 1.807) is 0 Å². The molecule has 0 spiro atoms. The van der Waals surface area contributed by atoms with Crippen LogP contribution in [0.5, 0.6) is 0 Å². The molecule has 0 radical (unpaired) electrons. The van der Waals surface area contributed by atoms with Gasteiger partial charge in [-0.2, -0.15) is 5.26 Å². The Labute approximate surface area is 80.9 Å². The highest BCUT2D eigenvalue weighted by molar-refractivity contribution is 4.78. The third kappa shape index (κ3) is 4.28. The molecule has 0 aromatic rings. The fraction of sp³-hybridized carbons (Fsp3) is 0.909. The third-order valence-electron chi connectivity index (χ3n) is 2.81. The van der Waals surface area contributed by atoms with E-state index in [4.69, 9.17) is 10.00 Å². The van der Waals surface area contributed by atoms with Gasteiger partial charge in [0.15, 0.2) is 0 Å². The first kappa shape index (κ1) is 10.5. The van der Waals surface area contributed by atoms with Crippen molar-refractivity contribution in [3.05, 3.63) is 0 Å². The Morgan fingerprint density at radius 2 is 2.15 bits per heavy atom. The molecule has 0 N–H and O–H groups in total. The monoisotopic (exact) mass is 181 g/mol. The first-order valence-electron chi connectivity index (χ1n) is 5.30. The molecule has 1 fully saturated rings. The van der Waals surface area contributed by atoms with E-state index in [1.165, 1.54) is 25.7 Å². The van der Waals surface area contributed by atoms with Crippen LogP contribution in [-0.4, -0.2) is 13.2 Å². The minimum Gasteiger partial charge on any atom is -0.381 e. The number of nitrogens with zero attached hydrogens (tertiary/aromatic N) is 1. The van der Waals surface area contributed by atoms with Gasteiger partial charge in [0.25, 0.3) is 0 Å². The summed E-state index contributed by atoms with van der Waals surface area (Å²) in [4.78, 5) is 0. The third-order valence-corrected chi connectivity index (χ3v) is 2.81. The lowest BCUT2D eigenvalue weighted by Crippen LogP contribution is -2.15. The van der Waals surface area contributed by atoms with Crippen molar-refractivity contribution >= 4 is 0 Å². The van der Waals surface area contributed by atoms with Gasteiger partial charge in [0, 0.05) is 19.1 Å². The van der Waals surface area contributed by atoms with Gasteiger partial charge in [-0.15, -0.1) is 0 Å². The first-order chi connectivity index (χ1) is 6.33. The van der Waals surface area contributed by atoms with E-state index in [0.29, 0.717) is 0 Å². The van der Waals surface area contributed by atoms with Crippen molar-refractivity contribution in [2.45, 2.75) is 39.0 Å². The molecule has 1 aliphatic heterocycles. The molecular weight excluding hydrogens is 162 g/mol. The van der Waals surface area contributed by atoms with Crippen molar-refractivity contribution in [2.75, 3.05) is 13.2 Å². The molecule has 1 saturated heterocycles. The lowest BCUT2D eigenvalue weighted by Gasteiger charge is -2.21. The Morgan fingerprint density at radius 1 is 1.46 bits per heavy atom. The van der Waals surface area contributed by atoms with Crippen LogP contribution >= 0.6 is 0 Å². The van der Waals surface area contributed by atoms with Crippen LogP contribution < -0.4 is 0 Å². The maximum Gasteiger partial charge on any atom is 0.0652 e. The second-order valence-corrected chi connectivity index (χ2v) is 4.02. The van der Waals surface area contributed by atoms with Crippen LogP contribution in [0.4, 0.5) is 0 Å². The van der Waals surface area contributed by atoms with Crippen LogP contribution in [0.2, 0.25) is 0 Å². The van der Waals surface area contributed by atoms with Crippen LogP contribution in [0, 0.1) is 23.2 Å². The molecule has 1 unspecified atom stereocenters. The molecule has 13 heavy (non-hydrogen) atoms. The number of hydrogen-bond acceptors (Lipinski definition) is 2. The van der Waals surface area contributed by atoms with E-state index in [0.717, 1.165) is 25.6 Å². The molecule has 1 aliphatic rings. The Bertz CT molecular complexity index is 167. The molecule has 1 rings (SSSR count). The first-order valence-corrected chi connectivity index (χ1v) is 5.30. The zero-order chi connectivity index (χ0) is 9.52. The minimum atomic E-state index is 0.236. The molecule has 74 valence electrons. The maximum absolute atomic E-state index is 8.60. The average Bonchev–Trinajstić information content (AvgIpc) is 2.19. The van der Waals surface area contributed by atoms with Gasteiger partial charge < -0.3 is 4.74 Å². The quantitative estimate of drug-likeness (QED) is 0.668. The van der Waals surface area contributed by atoms with E-state index < -0.39 is 0 Å². The fourth-order valence-electron chi connectivity index (χ4n) is 1.81. The lowest BCUT2D eigenvalue weighted by molar-refractivity contribution is 0.0630. The molecule has 0 aliphatic carbocycles. The zero-order valence-corrected chi connectivity index (χ0v) is 8.46. The van der Waals surface area contributed by atoms with Crippen LogP contribution in [0.3, 0.4) is 0 Å². The lowest BCUT2D eigenvalue weighted by atomic mass is 9.92. The smallest absolute Gasteiger partial charge is 0.0652 e. The predicted octanol–water partition coefficient (Wildman–Crippen LogP) is 2.74. The number of ether oxygens (including phenoxy) is 1. The summed E-state index contributed by atoms with van der Waals surface area (Å²) < 4.78 is 5.30. The molecular formula is C11H19NO. The van der Waals surface area contributed by atoms with Crippen LogP contribution in [0.1, 0.15) is 39.0 Å². The van der Waals surface area contributed by atoms with Gasteiger partial charge in [-0.25, -0.2) is 0 Å². The SMILES string of the molecule is CC(C#N)CCCC1CCOCC1. The standard InChI is InChI=1S/C11H19NO/c1-10(9-12)3-2-4-11-5-7-13-8-6-11/h10-11H,2-8H2,1H3. The largest absolute Gasteiger partial charge is 0.381 e. The Morgan fingerprint density at radius 3 is 2.77 bits per heavy atom. The maximum atomic E-state index is 8.60. The molecule has 1 heterocycles. The van der Waals surface area contributed by atoms with Crippen molar-refractivity contribution in [3.8, 4) is 6.07 Å². The highest BCUT2D eigenvalue weighted by Crippen LogP contribution is 2.21. The fourth-order valence-corrected chi connectivity index (χ4v) is 1.81. The van der Waals surface area contributed by atoms with Gasteiger partial charge in [-0.3, -0.25) is 0 Å². The highest BCUT2D eigenvalue weighted by atomic mass is 16.5. The van der Waals surface area contributed by atoms with E-state index in [1.807, 2.05) is 6.92 Å². The molecule has 2 heteroatoms. The average molecular weight is 181 g/mol. The van der Waals surface area contributed by atoms with Crippen LogP contribution in [0.15, 0.2) is 0 Å². The van der Waals surface area contributed by atoms with Crippen LogP contribution in [-0.2, 0) is 4.74 Å². The molecule has 1 atom stereocenters. The number of nitriles is 1. The molecule has 0 amide bonds. The van der Waals surface area contributed by atoms with E-state index >= 15 is 0 Å². The van der Waals surface area contributed by atoms with Crippen molar-refractivity contribution < 1.29 is 4.74 Å². The summed E-state index contributed by atoms with van der Waals surface area (Å²) in [6, 6.07) is 2.28. The zero-order valence-electron chi connectivity index (χ0n) is 8.46. The minimum absolute atomic E-state index is 0.236. The Hall–Kier alpha value is -0.550. The molecule has 0 aromatic heterocycles. The van der Waals surface area contributed by atoms with E-state index in [9.17, 15) is 0 Å². The summed E-state index contributed by atoms with van der Waals surface area (Å²) in [5.74, 6) is 1.10. The molecule has 0 bridgehead atoms. The summed E-state index contributed by atoms with van der Waals surface area (Å²) in [5, 5.41) is 8.60. The Balaban J connectivity index is 2.02. The Kier molecular flexibility index (Phi) is 4.85. The van der Waals surface area contributed by atoms with E-state index in [-0.39, 0.29) is 5.92 Å². The summed E-state index contributed by atoms with van der Waals surface area (Å²) in [6.07, 6.45) is 6.00. The number of rotatable bonds is 4. The van der Waals surface area contributed by atoms with Gasteiger partial charge in [-0.1, -0.05) is 12.8 Å². The summed E-state index contributed by atoms with van der Waals surface area (Å²) in [6.45, 7) is 3.89. The van der Waals surface area contributed by atoms with Gasteiger partial charge >= 0.3 is 0 Å². The van der Waals surface area contributed by atoms with Crippen molar-refractivity contribution in [2.24, 2.45) is 11.8 Å². The van der Waals surface area contributed by atoms with Crippen molar-refractivity contribution in [3.63, 3.8) is 0 Å². The molecule has 0 saturated carbocycles. The van der Waals surface area contributed by atoms with Gasteiger partial charge in [-0.05, 0) is 32.1 Å². The second kappa shape index (κ2) is 5.99. The predicted molar refractivity (Wildman–Crippen MR) is 52.2 cm³/mol. The molecule has 0 aromatic carbocycles.